The molecule has 0 saturated carbocycles. The van der Waals surface area contributed by atoms with E-state index in [4.69, 9.17) is 14.1 Å². The molecule has 0 aliphatic carbocycles. The van der Waals surface area contributed by atoms with Gasteiger partial charge in [0.15, 0.2) is 0 Å². The summed E-state index contributed by atoms with van der Waals surface area (Å²) >= 11 is 0. The van der Waals surface area contributed by atoms with Crippen LogP contribution in [0.15, 0.2) is 108 Å². The normalized spacial score (nSPS) is 11.5. The van der Waals surface area contributed by atoms with Crippen LogP contribution in [0.4, 0.5) is 0 Å². The molecule has 0 fully saturated rings. The first-order valence-corrected chi connectivity index (χ1v) is 12.0. The Morgan fingerprint density at radius 2 is 1.58 bits per heavy atom. The molecule has 38 heavy (non-hydrogen) atoms. The van der Waals surface area contributed by atoms with Crippen molar-refractivity contribution in [2.45, 2.75) is 0 Å². The number of rotatable bonds is 3. The average Bonchev–Trinajstić information content (AvgIpc) is 3.59. The van der Waals surface area contributed by atoms with Crippen molar-refractivity contribution in [2.24, 2.45) is 0 Å². The van der Waals surface area contributed by atoms with E-state index < -0.39 is 0 Å². The molecular formula is C32H17N3O2Pt. The van der Waals surface area contributed by atoms with Gasteiger partial charge in [0.25, 0.3) is 0 Å². The van der Waals surface area contributed by atoms with Crippen LogP contribution in [0.2, 0.25) is 0 Å². The molecule has 8 rings (SSSR count). The maximum Gasteiger partial charge on any atom is 2.00 e. The number of ether oxygens (including phenoxy) is 1. The molecule has 0 atom stereocenters. The summed E-state index contributed by atoms with van der Waals surface area (Å²) in [5.74, 6) is 1.03. The van der Waals surface area contributed by atoms with Gasteiger partial charge in [-0.05, 0) is 34.8 Å². The molecule has 4 aromatic carbocycles. The predicted octanol–water partition coefficient (Wildman–Crippen LogP) is 7.99. The van der Waals surface area contributed by atoms with Crippen LogP contribution in [0.25, 0.3) is 60.4 Å². The van der Waals surface area contributed by atoms with Gasteiger partial charge in [0.1, 0.15) is 5.58 Å². The van der Waals surface area contributed by atoms with Crippen LogP contribution in [-0.2, 0) is 21.1 Å². The van der Waals surface area contributed by atoms with E-state index in [2.05, 4.69) is 41.5 Å². The molecule has 0 aliphatic heterocycles. The summed E-state index contributed by atoms with van der Waals surface area (Å²) < 4.78 is 14.3. The van der Waals surface area contributed by atoms with Gasteiger partial charge in [-0.15, -0.1) is 35.7 Å². The molecule has 182 valence electrons. The Hall–Kier alpha value is -4.47. The third-order valence-electron chi connectivity index (χ3n) is 6.78. The van der Waals surface area contributed by atoms with E-state index in [9.17, 15) is 0 Å². The Balaban J connectivity index is 0.00000242. The van der Waals surface area contributed by atoms with E-state index >= 15 is 0 Å². The van der Waals surface area contributed by atoms with Crippen LogP contribution in [-0.4, -0.2) is 14.6 Å². The first kappa shape index (κ1) is 22.7. The number of fused-ring (bicyclic) bond motifs is 9. The first-order chi connectivity index (χ1) is 18.3. The maximum atomic E-state index is 6.20. The van der Waals surface area contributed by atoms with Gasteiger partial charge in [-0.2, -0.15) is 11.2 Å². The molecular weight excluding hydrogens is 653 g/mol. The largest absolute Gasteiger partial charge is 2.00 e. The Morgan fingerprint density at radius 3 is 2.50 bits per heavy atom. The molecule has 0 N–H and O–H groups in total. The molecule has 0 aliphatic rings. The zero-order valence-corrected chi connectivity index (χ0v) is 22.1. The van der Waals surface area contributed by atoms with E-state index in [1.165, 1.54) is 0 Å². The van der Waals surface area contributed by atoms with Gasteiger partial charge in [-0.3, -0.25) is 9.50 Å². The third kappa shape index (κ3) is 3.43. The number of hydrogen-bond donors (Lipinski definition) is 0. The number of hydrogen-bond acceptors (Lipinski definition) is 4. The van der Waals surface area contributed by atoms with E-state index in [1.807, 2.05) is 83.5 Å². The Bertz CT molecular complexity index is 2140. The van der Waals surface area contributed by atoms with Gasteiger partial charge in [0.05, 0.1) is 11.1 Å². The summed E-state index contributed by atoms with van der Waals surface area (Å²) in [5, 5.41) is 10.0. The summed E-state index contributed by atoms with van der Waals surface area (Å²) in [4.78, 5) is 4.79. The first-order valence-electron chi connectivity index (χ1n) is 12.0. The summed E-state index contributed by atoms with van der Waals surface area (Å²) in [5.41, 5.74) is 5.01. The van der Waals surface area contributed by atoms with Gasteiger partial charge >= 0.3 is 21.1 Å². The molecule has 0 radical (unpaired) electrons. The Kier molecular flexibility index (Phi) is 5.27. The zero-order valence-electron chi connectivity index (χ0n) is 19.8. The molecule has 0 amide bonds. The van der Waals surface area contributed by atoms with Crippen molar-refractivity contribution >= 4 is 49.1 Å². The molecule has 0 bridgehead atoms. The minimum Gasteiger partial charge on any atom is -0.501 e. The molecule has 0 saturated heterocycles. The van der Waals surface area contributed by atoms with Crippen LogP contribution < -0.4 is 4.74 Å². The van der Waals surface area contributed by atoms with Crippen molar-refractivity contribution in [1.29, 1.82) is 0 Å². The fourth-order valence-electron chi connectivity index (χ4n) is 5.14. The van der Waals surface area contributed by atoms with E-state index in [0.717, 1.165) is 60.4 Å². The number of benzene rings is 4. The number of para-hydroxylation sites is 1. The second-order valence-corrected chi connectivity index (χ2v) is 8.92. The molecule has 0 spiro atoms. The Morgan fingerprint density at radius 1 is 0.737 bits per heavy atom. The van der Waals surface area contributed by atoms with Crippen molar-refractivity contribution in [3.8, 4) is 22.9 Å². The van der Waals surface area contributed by atoms with E-state index in [0.29, 0.717) is 11.6 Å². The second kappa shape index (κ2) is 8.83. The third-order valence-corrected chi connectivity index (χ3v) is 6.78. The number of aromatic nitrogens is 3. The van der Waals surface area contributed by atoms with Crippen molar-refractivity contribution in [3.05, 3.63) is 115 Å². The summed E-state index contributed by atoms with van der Waals surface area (Å²) in [6, 6.07) is 38.7. The molecule has 6 heteroatoms. The maximum absolute atomic E-state index is 6.20. The Labute approximate surface area is 231 Å². The van der Waals surface area contributed by atoms with Crippen LogP contribution in [0, 0.1) is 12.1 Å². The van der Waals surface area contributed by atoms with Gasteiger partial charge < -0.3 is 9.15 Å². The van der Waals surface area contributed by atoms with Gasteiger partial charge in [0.2, 0.25) is 5.88 Å². The van der Waals surface area contributed by atoms with E-state index in [-0.39, 0.29) is 21.1 Å². The number of pyridine rings is 2. The summed E-state index contributed by atoms with van der Waals surface area (Å²) in [6.45, 7) is 0. The van der Waals surface area contributed by atoms with Crippen molar-refractivity contribution < 1.29 is 30.2 Å². The fourth-order valence-corrected chi connectivity index (χ4v) is 5.14. The standard InChI is InChI=1S/C32H17N3O2.Pt/c1-2-8-22-21(7-1)23-16-15-20(19-29(23)35-28(22)17-18-33-35)36-31-14-6-12-27(34-31)26-11-5-10-25-24-9-3-4-13-30(24)37-32(25)26;/h1-10,12-18H;/q-2;+2. The molecule has 5 nitrogen and oxygen atoms in total. The molecule has 8 aromatic rings. The molecule has 0 unspecified atom stereocenters. The smallest absolute Gasteiger partial charge is 0.501 e. The number of furan rings is 1. The van der Waals surface area contributed by atoms with Crippen LogP contribution in [0.1, 0.15) is 0 Å². The van der Waals surface area contributed by atoms with Crippen LogP contribution in [0.3, 0.4) is 0 Å². The SMILES string of the molecule is [Pt+2].[c-]1ccc2c(oc3ccccc32)c1-c1cccc(Oc2[c-]c3c(cc2)c2ccccc2c2ccnn32)n1. The van der Waals surface area contributed by atoms with Crippen molar-refractivity contribution in [2.75, 3.05) is 0 Å². The topological polar surface area (TPSA) is 52.6 Å². The van der Waals surface area contributed by atoms with Crippen molar-refractivity contribution in [3.63, 3.8) is 0 Å². The number of nitrogens with zero attached hydrogens (tertiary/aromatic N) is 3. The van der Waals surface area contributed by atoms with Crippen LogP contribution >= 0.6 is 0 Å². The van der Waals surface area contributed by atoms with Gasteiger partial charge in [-0.25, -0.2) is 0 Å². The van der Waals surface area contributed by atoms with Crippen molar-refractivity contribution in [1.82, 2.24) is 14.6 Å². The summed E-state index contributed by atoms with van der Waals surface area (Å²) in [6.07, 6.45) is 1.81. The predicted molar refractivity (Wildman–Crippen MR) is 145 cm³/mol. The minimum absolute atomic E-state index is 0. The van der Waals surface area contributed by atoms with Crippen LogP contribution in [0.5, 0.6) is 11.6 Å². The van der Waals surface area contributed by atoms with E-state index in [1.54, 1.807) is 0 Å². The van der Waals surface area contributed by atoms with Gasteiger partial charge in [-0.1, -0.05) is 70.9 Å². The minimum atomic E-state index is 0. The fraction of sp³-hybridized carbons (Fsp3) is 0. The molecule has 4 heterocycles. The monoisotopic (exact) mass is 670 g/mol. The molecule has 4 aromatic heterocycles. The zero-order chi connectivity index (χ0) is 24.3. The second-order valence-electron chi connectivity index (χ2n) is 8.92. The average molecular weight is 671 g/mol. The quantitative estimate of drug-likeness (QED) is 0.141. The van der Waals surface area contributed by atoms with Gasteiger partial charge in [0, 0.05) is 17.3 Å². The summed E-state index contributed by atoms with van der Waals surface area (Å²) in [7, 11) is 0.